The Bertz CT molecular complexity index is 1120. The fourth-order valence-corrected chi connectivity index (χ4v) is 6.11. The average molecular weight is 573 g/mol. The van der Waals surface area contributed by atoms with Crippen LogP contribution in [-0.2, 0) is 0 Å². The molecule has 41 heavy (non-hydrogen) atoms. The number of carbonyl (C=O) groups is 2. The second kappa shape index (κ2) is 13.2. The summed E-state index contributed by atoms with van der Waals surface area (Å²) in [4.78, 5) is 44.1. The molecule has 0 radical (unpaired) electrons. The van der Waals surface area contributed by atoms with E-state index in [4.69, 9.17) is 20.9 Å². The van der Waals surface area contributed by atoms with Crippen molar-refractivity contribution < 1.29 is 24.5 Å². The van der Waals surface area contributed by atoms with E-state index >= 15 is 0 Å². The number of hydrogen-bond donors (Lipinski definition) is 4. The summed E-state index contributed by atoms with van der Waals surface area (Å²) in [5, 5.41) is 6.71. The van der Waals surface area contributed by atoms with Gasteiger partial charge in [-0.3, -0.25) is 9.59 Å². The molecule has 2 amide bonds. The third-order valence-electron chi connectivity index (χ3n) is 8.37. The highest BCUT2D eigenvalue weighted by Gasteiger charge is 2.35. The van der Waals surface area contributed by atoms with Gasteiger partial charge in [-0.1, -0.05) is 0 Å². The second-order valence-corrected chi connectivity index (χ2v) is 10.7. The number of ether oxygens (including phenoxy) is 2. The number of carbonyl (C=O) groups excluding carboxylic acids is 2. The minimum Gasteiger partial charge on any atom is -0.480 e. The van der Waals surface area contributed by atoms with Crippen molar-refractivity contribution in [2.75, 3.05) is 64.1 Å². The maximum absolute atomic E-state index is 11.2. The van der Waals surface area contributed by atoms with Crippen molar-refractivity contribution in [3.63, 3.8) is 0 Å². The highest BCUT2D eigenvalue weighted by molar-refractivity contribution is 5.95. The fraction of sp³-hybridized carbons (Fsp3) is 0.615. The van der Waals surface area contributed by atoms with Crippen molar-refractivity contribution in [1.29, 1.82) is 0 Å². The predicted molar refractivity (Wildman–Crippen MR) is 151 cm³/mol. The molecule has 2 aromatic heterocycles. The summed E-state index contributed by atoms with van der Waals surface area (Å²) in [5.74, 6) is 1.59. The molecule has 8 heterocycles. The van der Waals surface area contributed by atoms with Gasteiger partial charge in [-0.15, -0.1) is 0 Å². The lowest BCUT2D eigenvalue weighted by Crippen LogP contribution is -2.53. The molecule has 6 aliphatic rings. The fourth-order valence-electron chi connectivity index (χ4n) is 6.11. The van der Waals surface area contributed by atoms with E-state index in [1.54, 1.807) is 0 Å². The van der Waals surface area contributed by atoms with E-state index < -0.39 is 11.8 Å². The smallest absolute Gasteiger partial charge is 0.255 e. The van der Waals surface area contributed by atoms with Gasteiger partial charge in [0.15, 0.2) is 0 Å². The van der Waals surface area contributed by atoms with Gasteiger partial charge in [-0.2, -0.15) is 9.97 Å². The molecule has 2 atom stereocenters. The summed E-state index contributed by atoms with van der Waals surface area (Å²) in [6.45, 7) is 6.80. The Balaban J connectivity index is 0.000000184. The predicted octanol–water partition coefficient (Wildman–Crippen LogP) is -0.644. The first-order valence-electron chi connectivity index (χ1n) is 13.7. The third kappa shape index (κ3) is 6.92. The number of fused-ring (bicyclic) bond motifs is 6. The topological polar surface area (TPSA) is 218 Å². The van der Waals surface area contributed by atoms with Crippen molar-refractivity contribution in [3.8, 4) is 11.8 Å². The number of nitrogens with zero attached hydrogens (tertiary/aromatic N) is 6. The molecule has 8 N–H and O–H groups in total. The Morgan fingerprint density at radius 1 is 0.756 bits per heavy atom. The van der Waals surface area contributed by atoms with Crippen molar-refractivity contribution in [1.82, 2.24) is 29.7 Å². The molecule has 6 aliphatic heterocycles. The van der Waals surface area contributed by atoms with Crippen LogP contribution in [0.2, 0.25) is 0 Å². The largest absolute Gasteiger partial charge is 0.480 e. The number of hydrogen-bond acceptors (Lipinski definition) is 12. The zero-order chi connectivity index (χ0) is 28.2. The third-order valence-corrected chi connectivity index (χ3v) is 8.37. The molecular weight excluding hydrogens is 532 g/mol. The highest BCUT2D eigenvalue weighted by Crippen LogP contribution is 2.30. The number of amides is 2. The zero-order valence-electron chi connectivity index (χ0n) is 23.5. The molecule has 6 saturated heterocycles. The summed E-state index contributed by atoms with van der Waals surface area (Å²) >= 11 is 0. The van der Waals surface area contributed by atoms with Gasteiger partial charge < -0.3 is 46.9 Å². The lowest BCUT2D eigenvalue weighted by atomic mass is 9.84. The van der Waals surface area contributed by atoms with E-state index in [9.17, 15) is 9.59 Å². The lowest BCUT2D eigenvalue weighted by molar-refractivity contribution is 0.0970. The molecule has 0 spiro atoms. The van der Waals surface area contributed by atoms with Gasteiger partial charge in [0, 0.05) is 37.6 Å². The first-order chi connectivity index (χ1) is 19.3. The van der Waals surface area contributed by atoms with Crippen LogP contribution in [0.5, 0.6) is 11.8 Å². The average Bonchev–Trinajstić information content (AvgIpc) is 2.98. The maximum Gasteiger partial charge on any atom is 0.255 e. The summed E-state index contributed by atoms with van der Waals surface area (Å²) in [7, 11) is 2.93. The summed E-state index contributed by atoms with van der Waals surface area (Å²) in [5.41, 5.74) is 10.9. The van der Waals surface area contributed by atoms with E-state index in [1.807, 2.05) is 0 Å². The standard InChI is InChI=1S/2C13H19N5O2.H2O/c2*1-20-12-9(11(14)19)6-15-13(17-12)16-10-7-18-4-2-8(10)3-5-18;/h2*6,8,10H,2-5,7H2,1H3,(H2,14,19)(H,15,16,17);1H2. The van der Waals surface area contributed by atoms with Gasteiger partial charge in [-0.25, -0.2) is 9.97 Å². The number of primary amides is 2. The number of piperidine rings is 6. The molecular formula is C26H40N10O5. The van der Waals surface area contributed by atoms with Gasteiger partial charge in [0.2, 0.25) is 23.7 Å². The van der Waals surface area contributed by atoms with Crippen LogP contribution in [0.15, 0.2) is 12.4 Å². The van der Waals surface area contributed by atoms with Crippen LogP contribution >= 0.6 is 0 Å². The number of nitrogens with one attached hydrogen (secondary N) is 2. The van der Waals surface area contributed by atoms with E-state index in [0.29, 0.717) is 35.8 Å². The van der Waals surface area contributed by atoms with Gasteiger partial charge in [0.05, 0.1) is 14.2 Å². The SMILES string of the molecule is COc1nc(NC2CN3CCC2CC3)ncc1C(N)=O.COc1nc(NC2CN3CCC2CC3)ncc1C(N)=O.O. The van der Waals surface area contributed by atoms with Gasteiger partial charge in [0.1, 0.15) is 11.1 Å². The van der Waals surface area contributed by atoms with Crippen molar-refractivity contribution in [3.05, 3.63) is 23.5 Å². The molecule has 4 bridgehead atoms. The lowest BCUT2D eigenvalue weighted by Gasteiger charge is -2.44. The molecule has 15 heteroatoms. The van der Waals surface area contributed by atoms with E-state index in [1.165, 1.54) is 78.5 Å². The van der Waals surface area contributed by atoms with Crippen LogP contribution in [0.25, 0.3) is 0 Å². The monoisotopic (exact) mass is 572 g/mol. The zero-order valence-corrected chi connectivity index (χ0v) is 23.5. The Morgan fingerprint density at radius 2 is 1.12 bits per heavy atom. The van der Waals surface area contributed by atoms with E-state index in [0.717, 1.165) is 13.1 Å². The highest BCUT2D eigenvalue weighted by atomic mass is 16.5. The second-order valence-electron chi connectivity index (χ2n) is 10.7. The quantitative estimate of drug-likeness (QED) is 0.310. The van der Waals surface area contributed by atoms with Crippen molar-refractivity contribution in [2.45, 2.75) is 37.8 Å². The van der Waals surface area contributed by atoms with Crippen LogP contribution in [-0.4, -0.2) is 113 Å². The van der Waals surface area contributed by atoms with E-state index in [2.05, 4.69) is 40.4 Å². The number of aromatic nitrogens is 4. The van der Waals surface area contributed by atoms with Gasteiger partial charge >= 0.3 is 0 Å². The Kier molecular flexibility index (Phi) is 9.73. The molecule has 2 aromatic rings. The van der Waals surface area contributed by atoms with Crippen molar-refractivity contribution in [2.24, 2.45) is 23.3 Å². The van der Waals surface area contributed by atoms with Crippen molar-refractivity contribution >= 4 is 23.7 Å². The molecule has 6 fully saturated rings. The molecule has 0 aliphatic carbocycles. The first-order valence-corrected chi connectivity index (χ1v) is 13.7. The number of rotatable bonds is 8. The molecule has 15 nitrogen and oxygen atoms in total. The summed E-state index contributed by atoms with van der Waals surface area (Å²) in [6, 6.07) is 0.725. The van der Waals surface area contributed by atoms with Gasteiger partial charge in [0.25, 0.3) is 11.8 Å². The minimum atomic E-state index is -0.587. The molecule has 0 aromatic carbocycles. The molecule has 224 valence electrons. The molecule has 0 saturated carbocycles. The molecule has 2 unspecified atom stereocenters. The number of nitrogens with two attached hydrogens (primary N) is 2. The molecule has 8 rings (SSSR count). The maximum atomic E-state index is 11.2. The number of methoxy groups -OCH3 is 2. The normalized spacial score (nSPS) is 27.5. The van der Waals surface area contributed by atoms with Crippen LogP contribution in [0, 0.1) is 11.8 Å². The first kappa shape index (κ1) is 30.1. The van der Waals surface area contributed by atoms with Gasteiger partial charge in [-0.05, 0) is 63.7 Å². The Labute approximate surface area is 238 Å². The van der Waals surface area contributed by atoms with Crippen LogP contribution < -0.4 is 31.6 Å². The van der Waals surface area contributed by atoms with Crippen LogP contribution in [0.3, 0.4) is 0 Å². The summed E-state index contributed by atoms with van der Waals surface area (Å²) < 4.78 is 10.2. The summed E-state index contributed by atoms with van der Waals surface area (Å²) in [6.07, 6.45) is 7.69. The Hall–Kier alpha value is -3.82. The minimum absolute atomic E-state index is 0. The number of anilines is 2. The van der Waals surface area contributed by atoms with Crippen LogP contribution in [0.1, 0.15) is 46.4 Å². The van der Waals surface area contributed by atoms with Crippen LogP contribution in [0.4, 0.5) is 11.9 Å². The Morgan fingerprint density at radius 3 is 1.39 bits per heavy atom. The van der Waals surface area contributed by atoms with E-state index in [-0.39, 0.29) is 28.4 Å².